The van der Waals surface area contributed by atoms with Crippen LogP contribution < -0.4 is 4.72 Å². The van der Waals surface area contributed by atoms with Gasteiger partial charge in [-0.2, -0.15) is 0 Å². The lowest BCUT2D eigenvalue weighted by atomic mass is 9.65. The number of aromatic carboxylic acids is 1. The third kappa shape index (κ3) is 2.40. The number of hydrogen-bond donors (Lipinski definition) is 3. The first-order valence-electron chi connectivity index (χ1n) is 5.67. The molecular formula is C11H15NO5S2. The van der Waals surface area contributed by atoms with Gasteiger partial charge in [0.25, 0.3) is 0 Å². The summed E-state index contributed by atoms with van der Waals surface area (Å²) in [4.78, 5) is 10.5. The molecule has 2 atom stereocenters. The summed E-state index contributed by atoms with van der Waals surface area (Å²) in [5.74, 6) is -1.26. The lowest BCUT2D eigenvalue weighted by Crippen LogP contribution is -2.61. The van der Waals surface area contributed by atoms with E-state index in [1.54, 1.807) is 13.8 Å². The molecule has 2 rings (SSSR count). The number of thiophene rings is 1. The van der Waals surface area contributed by atoms with Crippen LogP contribution in [0.3, 0.4) is 0 Å². The number of carboxylic acid groups (broad SMARTS) is 1. The van der Waals surface area contributed by atoms with E-state index in [-0.39, 0.29) is 9.77 Å². The van der Waals surface area contributed by atoms with Crippen molar-refractivity contribution in [2.75, 3.05) is 0 Å². The van der Waals surface area contributed by atoms with Crippen molar-refractivity contribution in [2.24, 2.45) is 5.41 Å². The van der Waals surface area contributed by atoms with E-state index in [9.17, 15) is 18.3 Å². The van der Waals surface area contributed by atoms with Gasteiger partial charge in [0.15, 0.2) is 0 Å². The number of hydrogen-bond acceptors (Lipinski definition) is 5. The van der Waals surface area contributed by atoms with Crippen molar-refractivity contribution in [3.05, 3.63) is 16.3 Å². The second-order valence-corrected chi connectivity index (χ2v) is 7.76. The molecule has 0 saturated heterocycles. The first-order chi connectivity index (χ1) is 8.66. The van der Waals surface area contributed by atoms with Gasteiger partial charge in [-0.3, -0.25) is 0 Å². The third-order valence-corrected chi connectivity index (χ3v) is 6.17. The van der Waals surface area contributed by atoms with Crippen LogP contribution in [0, 0.1) is 5.41 Å². The Bertz CT molecular complexity index is 604. The largest absolute Gasteiger partial charge is 0.477 e. The Morgan fingerprint density at radius 3 is 2.63 bits per heavy atom. The normalized spacial score (nSPS) is 25.8. The fraction of sp³-hybridized carbons (Fsp3) is 0.545. The molecule has 106 valence electrons. The fourth-order valence-corrected chi connectivity index (χ4v) is 4.68. The van der Waals surface area contributed by atoms with Crippen molar-refractivity contribution < 1.29 is 23.4 Å². The Labute approximate surface area is 115 Å². The van der Waals surface area contributed by atoms with Crippen molar-refractivity contribution >= 4 is 27.3 Å². The van der Waals surface area contributed by atoms with E-state index in [1.807, 2.05) is 0 Å². The molecule has 1 aliphatic carbocycles. The smallest absolute Gasteiger partial charge is 0.347 e. The summed E-state index contributed by atoms with van der Waals surface area (Å²) in [5, 5.41) is 20.0. The summed E-state index contributed by atoms with van der Waals surface area (Å²) < 4.78 is 26.8. The molecule has 1 heterocycles. The van der Waals surface area contributed by atoms with Gasteiger partial charge in [-0.1, -0.05) is 13.8 Å². The molecule has 0 amide bonds. The lowest BCUT2D eigenvalue weighted by Gasteiger charge is -2.49. The van der Waals surface area contributed by atoms with Crippen molar-refractivity contribution in [1.29, 1.82) is 0 Å². The molecule has 0 spiro atoms. The van der Waals surface area contributed by atoms with E-state index >= 15 is 0 Å². The minimum atomic E-state index is -3.88. The molecule has 8 heteroatoms. The van der Waals surface area contributed by atoms with Gasteiger partial charge in [0.05, 0.1) is 6.10 Å². The number of rotatable bonds is 4. The standard InChI is InChI=1S/C11H15NO5S2/c1-11(2)7(5-8(11)13)12-19(16,17)6-3-4-18-9(6)10(14)15/h3-4,7-8,12-13H,5H2,1-2H3,(H,14,15). The van der Waals surface area contributed by atoms with E-state index in [0.717, 1.165) is 11.3 Å². The molecule has 1 saturated carbocycles. The van der Waals surface area contributed by atoms with Crippen molar-refractivity contribution in [3.63, 3.8) is 0 Å². The molecule has 1 aromatic heterocycles. The van der Waals surface area contributed by atoms with Crippen LogP contribution >= 0.6 is 11.3 Å². The van der Waals surface area contributed by atoms with E-state index < -0.39 is 33.6 Å². The van der Waals surface area contributed by atoms with Gasteiger partial charge in [-0.25, -0.2) is 17.9 Å². The van der Waals surface area contributed by atoms with Gasteiger partial charge in [-0.15, -0.1) is 11.3 Å². The maximum atomic E-state index is 12.2. The van der Waals surface area contributed by atoms with E-state index in [4.69, 9.17) is 5.11 Å². The Morgan fingerprint density at radius 2 is 2.16 bits per heavy atom. The second-order valence-electron chi connectivity index (χ2n) is 5.17. The zero-order valence-corrected chi connectivity index (χ0v) is 12.1. The monoisotopic (exact) mass is 305 g/mol. The molecule has 1 aromatic rings. The maximum Gasteiger partial charge on any atom is 0.347 e. The molecule has 19 heavy (non-hydrogen) atoms. The first-order valence-corrected chi connectivity index (χ1v) is 8.03. The van der Waals surface area contributed by atoms with Crippen LogP contribution in [-0.2, 0) is 10.0 Å². The second kappa shape index (κ2) is 4.55. The minimum Gasteiger partial charge on any atom is -0.477 e. The zero-order valence-electron chi connectivity index (χ0n) is 10.5. The van der Waals surface area contributed by atoms with Crippen LogP contribution in [0.1, 0.15) is 29.9 Å². The quantitative estimate of drug-likeness (QED) is 0.766. The number of carboxylic acids is 1. The fourth-order valence-electron chi connectivity index (χ4n) is 2.02. The first kappa shape index (κ1) is 14.4. The molecule has 0 radical (unpaired) electrons. The highest BCUT2D eigenvalue weighted by Gasteiger charge is 2.49. The van der Waals surface area contributed by atoms with Gasteiger partial charge in [0.1, 0.15) is 9.77 Å². The van der Waals surface area contributed by atoms with Crippen LogP contribution in [0.25, 0.3) is 0 Å². The highest BCUT2D eigenvalue weighted by Crippen LogP contribution is 2.41. The molecule has 3 N–H and O–H groups in total. The van der Waals surface area contributed by atoms with Crippen molar-refractivity contribution in [2.45, 2.75) is 37.3 Å². The van der Waals surface area contributed by atoms with Gasteiger partial charge in [-0.05, 0) is 17.9 Å². The summed E-state index contributed by atoms with van der Waals surface area (Å²) in [6.07, 6.45) is -0.222. The van der Waals surface area contributed by atoms with Crippen LogP contribution in [-0.4, -0.2) is 36.7 Å². The summed E-state index contributed by atoms with van der Waals surface area (Å²) in [6.45, 7) is 3.53. The Morgan fingerprint density at radius 1 is 1.53 bits per heavy atom. The van der Waals surface area contributed by atoms with Gasteiger partial charge in [0.2, 0.25) is 10.0 Å². The molecule has 0 aromatic carbocycles. The number of aliphatic hydroxyl groups excluding tert-OH is 1. The topological polar surface area (TPSA) is 104 Å². The predicted molar refractivity (Wildman–Crippen MR) is 69.8 cm³/mol. The zero-order chi connectivity index (χ0) is 14.4. The number of aliphatic hydroxyl groups is 1. The molecule has 2 unspecified atom stereocenters. The highest BCUT2D eigenvalue weighted by molar-refractivity contribution is 7.89. The summed E-state index contributed by atoms with van der Waals surface area (Å²) in [6, 6.07) is 0.882. The number of sulfonamides is 1. The molecule has 1 fully saturated rings. The summed E-state index contributed by atoms with van der Waals surface area (Å²) in [5.41, 5.74) is -0.549. The Balaban J connectivity index is 2.25. The van der Waals surface area contributed by atoms with Gasteiger partial charge in [0, 0.05) is 11.5 Å². The van der Waals surface area contributed by atoms with Crippen LogP contribution in [0.4, 0.5) is 0 Å². The van der Waals surface area contributed by atoms with Crippen molar-refractivity contribution in [1.82, 2.24) is 4.72 Å². The van der Waals surface area contributed by atoms with Crippen LogP contribution in [0.5, 0.6) is 0 Å². The van der Waals surface area contributed by atoms with Crippen molar-refractivity contribution in [3.8, 4) is 0 Å². The highest BCUT2D eigenvalue weighted by atomic mass is 32.2. The van der Waals surface area contributed by atoms with Gasteiger partial charge >= 0.3 is 5.97 Å². The van der Waals surface area contributed by atoms with E-state index in [1.165, 1.54) is 11.4 Å². The van der Waals surface area contributed by atoms with Crippen LogP contribution in [0.15, 0.2) is 16.3 Å². The molecule has 0 aliphatic heterocycles. The number of carbonyl (C=O) groups is 1. The Kier molecular flexibility index (Phi) is 3.46. The summed E-state index contributed by atoms with van der Waals surface area (Å²) >= 11 is 0.870. The lowest BCUT2D eigenvalue weighted by molar-refractivity contribution is -0.0645. The SMILES string of the molecule is CC1(C)C(O)CC1NS(=O)(=O)c1ccsc1C(=O)O. The third-order valence-electron chi connectivity index (χ3n) is 3.63. The van der Waals surface area contributed by atoms with Gasteiger partial charge < -0.3 is 10.2 Å². The number of nitrogens with one attached hydrogen (secondary N) is 1. The average molecular weight is 305 g/mol. The van der Waals surface area contributed by atoms with Crippen LogP contribution in [0.2, 0.25) is 0 Å². The predicted octanol–water partition coefficient (Wildman–Crippen LogP) is 0.884. The molecular weight excluding hydrogens is 290 g/mol. The molecule has 6 nitrogen and oxygen atoms in total. The molecule has 0 bridgehead atoms. The molecule has 1 aliphatic rings. The average Bonchev–Trinajstić information content (AvgIpc) is 2.78. The van der Waals surface area contributed by atoms with E-state index in [2.05, 4.69) is 4.72 Å². The minimum absolute atomic E-state index is 0.204. The Hall–Kier alpha value is -0.960. The maximum absolute atomic E-state index is 12.2. The van der Waals surface area contributed by atoms with E-state index in [0.29, 0.717) is 6.42 Å². The summed E-state index contributed by atoms with van der Waals surface area (Å²) in [7, 11) is -3.88.